The molecule has 0 aromatic heterocycles. The molecule has 0 spiro atoms. The standard InChI is InChI=1S/C18H18O2Se2/c19-13-17(21-15-7-3-1-4-8-15)11-12-18(14-20)22-16-9-5-2-6-10-16/h1-12,19-20H,13-14H2/b17-11-,18-12-. The van der Waals surface area contributed by atoms with E-state index in [0.717, 1.165) is 8.94 Å². The first-order chi connectivity index (χ1) is 10.8. The van der Waals surface area contributed by atoms with Gasteiger partial charge in [0.2, 0.25) is 0 Å². The van der Waals surface area contributed by atoms with Crippen molar-refractivity contribution in [1.29, 1.82) is 0 Å². The van der Waals surface area contributed by atoms with Crippen LogP contribution < -0.4 is 8.92 Å². The summed E-state index contributed by atoms with van der Waals surface area (Å²) in [4.78, 5) is 0. The van der Waals surface area contributed by atoms with Crippen LogP contribution in [0.3, 0.4) is 0 Å². The van der Waals surface area contributed by atoms with Crippen LogP contribution in [0, 0.1) is 0 Å². The summed E-state index contributed by atoms with van der Waals surface area (Å²) in [5, 5.41) is 19.0. The minimum absolute atomic E-state index is 0.0580. The Kier molecular flexibility index (Phi) is 7.68. The van der Waals surface area contributed by atoms with Crippen LogP contribution in [0.5, 0.6) is 0 Å². The molecule has 0 amide bonds. The van der Waals surface area contributed by atoms with Gasteiger partial charge in [0.05, 0.1) is 0 Å². The number of allylic oxidation sites excluding steroid dienone is 2. The number of aliphatic hydroxyl groups is 2. The molecule has 114 valence electrons. The molecule has 0 fully saturated rings. The molecule has 2 aromatic rings. The van der Waals surface area contributed by atoms with Crippen LogP contribution in [0.2, 0.25) is 0 Å². The van der Waals surface area contributed by atoms with Gasteiger partial charge in [-0.1, -0.05) is 0 Å². The van der Waals surface area contributed by atoms with Gasteiger partial charge in [-0.15, -0.1) is 0 Å². The molecule has 0 atom stereocenters. The summed E-state index contributed by atoms with van der Waals surface area (Å²) in [7, 11) is 0. The molecule has 0 saturated heterocycles. The van der Waals surface area contributed by atoms with Gasteiger partial charge >= 0.3 is 144 Å². The molecule has 2 rings (SSSR count). The van der Waals surface area contributed by atoms with Gasteiger partial charge in [0.15, 0.2) is 0 Å². The summed E-state index contributed by atoms with van der Waals surface area (Å²) in [6.45, 7) is 0.116. The Morgan fingerprint density at radius 3 is 1.36 bits per heavy atom. The van der Waals surface area contributed by atoms with Crippen LogP contribution in [-0.4, -0.2) is 53.3 Å². The van der Waals surface area contributed by atoms with Crippen LogP contribution in [-0.2, 0) is 0 Å². The molecule has 0 bridgehead atoms. The molecule has 4 heteroatoms. The fourth-order valence-corrected chi connectivity index (χ4v) is 5.05. The number of hydrogen-bond acceptors (Lipinski definition) is 2. The van der Waals surface area contributed by atoms with Gasteiger partial charge < -0.3 is 0 Å². The molecule has 0 unspecified atom stereocenters. The predicted octanol–water partition coefficient (Wildman–Crippen LogP) is 0.798. The summed E-state index contributed by atoms with van der Waals surface area (Å²) >= 11 is 0.236. The van der Waals surface area contributed by atoms with E-state index >= 15 is 0 Å². The fraction of sp³-hybridized carbons (Fsp3) is 0.111. The molecule has 0 heterocycles. The van der Waals surface area contributed by atoms with E-state index in [1.54, 1.807) is 0 Å². The summed E-state index contributed by atoms with van der Waals surface area (Å²) in [6.07, 6.45) is 3.92. The van der Waals surface area contributed by atoms with Crippen molar-refractivity contribution in [3.05, 3.63) is 81.8 Å². The summed E-state index contributed by atoms with van der Waals surface area (Å²) < 4.78 is 4.49. The van der Waals surface area contributed by atoms with E-state index in [1.165, 1.54) is 8.92 Å². The topological polar surface area (TPSA) is 40.5 Å². The molecule has 0 aliphatic carbocycles. The maximum atomic E-state index is 9.52. The summed E-state index contributed by atoms with van der Waals surface area (Å²) in [5.41, 5.74) is 0. The van der Waals surface area contributed by atoms with Crippen molar-refractivity contribution < 1.29 is 10.2 Å². The van der Waals surface area contributed by atoms with E-state index in [4.69, 9.17) is 0 Å². The maximum absolute atomic E-state index is 9.52. The van der Waals surface area contributed by atoms with Crippen molar-refractivity contribution in [2.45, 2.75) is 0 Å². The quantitative estimate of drug-likeness (QED) is 0.510. The second-order valence-electron chi connectivity index (χ2n) is 4.41. The molecule has 22 heavy (non-hydrogen) atoms. The molecule has 0 saturated carbocycles. The van der Waals surface area contributed by atoms with Gasteiger partial charge in [-0.05, 0) is 0 Å². The molecule has 2 aromatic carbocycles. The van der Waals surface area contributed by atoms with Crippen LogP contribution in [0.25, 0.3) is 0 Å². The minimum atomic E-state index is 0.0580. The number of aliphatic hydroxyl groups excluding tert-OH is 2. The molecular weight excluding hydrogens is 406 g/mol. The Bertz CT molecular complexity index is 565. The van der Waals surface area contributed by atoms with Gasteiger partial charge in [-0.2, -0.15) is 0 Å². The van der Waals surface area contributed by atoms with E-state index in [0.29, 0.717) is 0 Å². The average molecular weight is 424 g/mol. The molecule has 0 aliphatic rings. The molecule has 2 N–H and O–H groups in total. The van der Waals surface area contributed by atoms with Crippen molar-refractivity contribution >= 4 is 38.8 Å². The molecule has 0 radical (unpaired) electrons. The van der Waals surface area contributed by atoms with Crippen LogP contribution in [0.4, 0.5) is 0 Å². The normalized spacial score (nSPS) is 12.5. The van der Waals surface area contributed by atoms with Crippen molar-refractivity contribution in [3.8, 4) is 0 Å². The zero-order valence-corrected chi connectivity index (χ0v) is 15.5. The first kappa shape index (κ1) is 17.2. The zero-order chi connectivity index (χ0) is 15.6. The zero-order valence-electron chi connectivity index (χ0n) is 12.1. The monoisotopic (exact) mass is 426 g/mol. The average Bonchev–Trinajstić information content (AvgIpc) is 2.59. The van der Waals surface area contributed by atoms with Gasteiger partial charge in [-0.25, -0.2) is 0 Å². The Hall–Kier alpha value is -1.12. The van der Waals surface area contributed by atoms with Crippen molar-refractivity contribution in [2.75, 3.05) is 13.2 Å². The van der Waals surface area contributed by atoms with Gasteiger partial charge in [0.25, 0.3) is 0 Å². The van der Waals surface area contributed by atoms with Gasteiger partial charge in [0, 0.05) is 0 Å². The summed E-state index contributed by atoms with van der Waals surface area (Å²) in [5.74, 6) is 0. The summed E-state index contributed by atoms with van der Waals surface area (Å²) in [6, 6.07) is 20.4. The third kappa shape index (κ3) is 5.94. The van der Waals surface area contributed by atoms with E-state index in [9.17, 15) is 10.2 Å². The van der Waals surface area contributed by atoms with Crippen molar-refractivity contribution in [2.24, 2.45) is 0 Å². The van der Waals surface area contributed by atoms with Crippen molar-refractivity contribution in [3.63, 3.8) is 0 Å². The Balaban J connectivity index is 2.06. The first-order valence-electron chi connectivity index (χ1n) is 6.89. The second kappa shape index (κ2) is 9.81. The van der Waals surface area contributed by atoms with E-state index in [2.05, 4.69) is 24.3 Å². The fourth-order valence-electron chi connectivity index (χ4n) is 1.70. The first-order valence-corrected chi connectivity index (χ1v) is 10.3. The number of rotatable bonds is 7. The van der Waals surface area contributed by atoms with Crippen LogP contribution in [0.1, 0.15) is 0 Å². The SMILES string of the molecule is OC/C(=C/C=C(/CO)[Se]c1ccccc1)[Se]c1ccccc1. The number of benzene rings is 2. The molecular formula is C18H18O2Se2. The predicted molar refractivity (Wildman–Crippen MR) is 94.0 cm³/mol. The Labute approximate surface area is 143 Å². The molecule has 2 nitrogen and oxygen atoms in total. The third-order valence-electron chi connectivity index (χ3n) is 2.75. The van der Waals surface area contributed by atoms with E-state index < -0.39 is 0 Å². The van der Waals surface area contributed by atoms with Gasteiger partial charge in [-0.3, -0.25) is 0 Å². The van der Waals surface area contributed by atoms with Gasteiger partial charge in [0.1, 0.15) is 0 Å². The second-order valence-corrected chi connectivity index (χ2v) is 9.45. The van der Waals surface area contributed by atoms with E-state index in [-0.39, 0.29) is 43.1 Å². The van der Waals surface area contributed by atoms with Crippen LogP contribution >= 0.6 is 0 Å². The molecule has 0 aliphatic heterocycles. The Morgan fingerprint density at radius 2 is 1.05 bits per heavy atom. The van der Waals surface area contributed by atoms with Crippen molar-refractivity contribution in [1.82, 2.24) is 0 Å². The Morgan fingerprint density at radius 1 is 0.682 bits per heavy atom. The van der Waals surface area contributed by atoms with E-state index in [1.807, 2.05) is 48.6 Å². The van der Waals surface area contributed by atoms with Crippen LogP contribution in [0.15, 0.2) is 81.8 Å². The number of hydrogen-bond donors (Lipinski definition) is 2. The third-order valence-corrected chi connectivity index (χ3v) is 7.10.